The molecule has 0 unspecified atom stereocenters. The third-order valence-electron chi connectivity index (χ3n) is 6.20. The summed E-state index contributed by atoms with van der Waals surface area (Å²) in [6.07, 6.45) is 3.23. The minimum atomic E-state index is 0.208. The predicted octanol–water partition coefficient (Wildman–Crippen LogP) is 3.65. The molecule has 0 N–H and O–H groups in total. The van der Waals surface area contributed by atoms with Crippen molar-refractivity contribution in [2.24, 2.45) is 5.92 Å². The standard InChI is InChI=1S/C24H28N4OS/c1-26(2)14-19-8-9-22-20-10-17(13-28(22)24(19)29)12-27(15-20)16-21-11-25-23(30-21)18-6-4-3-5-7-18/h3-9,11,17,20H,10,12-16H2,1-2H3/t17-,20+/m0/s1. The highest BCUT2D eigenvalue weighted by Gasteiger charge is 2.35. The Labute approximate surface area is 181 Å². The van der Waals surface area contributed by atoms with Crippen molar-refractivity contribution in [3.8, 4) is 10.6 Å². The molecule has 2 aromatic heterocycles. The van der Waals surface area contributed by atoms with Gasteiger partial charge in [-0.1, -0.05) is 36.4 Å². The lowest BCUT2D eigenvalue weighted by Gasteiger charge is -2.42. The summed E-state index contributed by atoms with van der Waals surface area (Å²) >= 11 is 1.79. The van der Waals surface area contributed by atoms with Gasteiger partial charge in [0, 0.05) is 66.5 Å². The van der Waals surface area contributed by atoms with E-state index >= 15 is 0 Å². The lowest BCUT2D eigenvalue weighted by molar-refractivity contribution is 0.115. The molecule has 1 aromatic carbocycles. The van der Waals surface area contributed by atoms with Crippen LogP contribution in [0.15, 0.2) is 53.5 Å². The first-order valence-electron chi connectivity index (χ1n) is 10.7. The molecule has 2 aliphatic heterocycles. The number of aromatic nitrogens is 2. The zero-order valence-corrected chi connectivity index (χ0v) is 18.4. The van der Waals surface area contributed by atoms with Gasteiger partial charge in [-0.2, -0.15) is 0 Å². The molecule has 2 aliphatic rings. The van der Waals surface area contributed by atoms with E-state index in [1.165, 1.54) is 22.6 Å². The van der Waals surface area contributed by atoms with Crippen LogP contribution < -0.4 is 5.56 Å². The van der Waals surface area contributed by atoms with E-state index < -0.39 is 0 Å². The Hall–Kier alpha value is -2.28. The van der Waals surface area contributed by atoms with E-state index in [1.807, 2.05) is 32.4 Å². The Morgan fingerprint density at radius 1 is 1.10 bits per heavy atom. The van der Waals surface area contributed by atoms with Crippen LogP contribution in [0.1, 0.15) is 28.5 Å². The molecule has 1 saturated heterocycles. The summed E-state index contributed by atoms with van der Waals surface area (Å²) in [6.45, 7) is 4.57. The summed E-state index contributed by atoms with van der Waals surface area (Å²) in [7, 11) is 4.03. The van der Waals surface area contributed by atoms with Crippen LogP contribution in [0.25, 0.3) is 10.6 Å². The fraction of sp³-hybridized carbons (Fsp3) is 0.417. The highest BCUT2D eigenvalue weighted by Crippen LogP contribution is 2.36. The normalized spacial score (nSPS) is 21.0. The molecule has 2 bridgehead atoms. The van der Waals surface area contributed by atoms with Crippen LogP contribution >= 0.6 is 11.3 Å². The predicted molar refractivity (Wildman–Crippen MR) is 122 cm³/mol. The number of rotatable bonds is 5. The average molecular weight is 421 g/mol. The van der Waals surface area contributed by atoms with Crippen molar-refractivity contribution in [2.75, 3.05) is 27.2 Å². The Kier molecular flexibility index (Phi) is 5.31. The molecule has 0 saturated carbocycles. The van der Waals surface area contributed by atoms with E-state index in [0.29, 0.717) is 18.4 Å². The molecular formula is C24H28N4OS. The number of hydrogen-bond donors (Lipinski definition) is 0. The first-order valence-corrected chi connectivity index (χ1v) is 11.5. The topological polar surface area (TPSA) is 41.4 Å². The second kappa shape index (κ2) is 8.10. The van der Waals surface area contributed by atoms with Crippen molar-refractivity contribution < 1.29 is 0 Å². The summed E-state index contributed by atoms with van der Waals surface area (Å²) in [5.41, 5.74) is 3.52. The second-order valence-corrected chi connectivity index (χ2v) is 10.0. The number of thiazole rings is 1. The van der Waals surface area contributed by atoms with E-state index in [9.17, 15) is 4.79 Å². The first kappa shape index (κ1) is 19.7. The molecule has 2 atom stereocenters. The zero-order valence-electron chi connectivity index (χ0n) is 17.6. The van der Waals surface area contributed by atoms with Gasteiger partial charge in [0.25, 0.3) is 5.56 Å². The lowest BCUT2D eigenvalue weighted by Crippen LogP contribution is -2.47. The molecule has 5 nitrogen and oxygen atoms in total. The number of benzene rings is 1. The molecule has 3 aromatic rings. The van der Waals surface area contributed by atoms with E-state index in [0.717, 1.165) is 36.8 Å². The van der Waals surface area contributed by atoms with Crippen LogP contribution in [0.2, 0.25) is 0 Å². The van der Waals surface area contributed by atoms with Gasteiger partial charge in [0.15, 0.2) is 0 Å². The maximum absolute atomic E-state index is 13.0. The van der Waals surface area contributed by atoms with Crippen LogP contribution in [0.4, 0.5) is 0 Å². The Balaban J connectivity index is 1.33. The van der Waals surface area contributed by atoms with Crippen LogP contribution in [0.3, 0.4) is 0 Å². The third kappa shape index (κ3) is 3.87. The van der Waals surface area contributed by atoms with Gasteiger partial charge in [0.1, 0.15) is 5.01 Å². The van der Waals surface area contributed by atoms with Gasteiger partial charge in [-0.25, -0.2) is 4.98 Å². The van der Waals surface area contributed by atoms with Gasteiger partial charge in [-0.15, -0.1) is 11.3 Å². The highest BCUT2D eigenvalue weighted by molar-refractivity contribution is 7.15. The summed E-state index contributed by atoms with van der Waals surface area (Å²) in [6, 6.07) is 14.6. The lowest BCUT2D eigenvalue weighted by atomic mass is 9.83. The first-order chi connectivity index (χ1) is 14.6. The Morgan fingerprint density at radius 3 is 2.73 bits per heavy atom. The van der Waals surface area contributed by atoms with E-state index in [4.69, 9.17) is 0 Å². The number of piperidine rings is 1. The van der Waals surface area contributed by atoms with Crippen LogP contribution in [-0.2, 0) is 19.6 Å². The SMILES string of the molecule is CN(C)Cc1ccc2n(c1=O)C[C@H]1C[C@@H]2CN(Cc2cnc(-c3ccccc3)s2)C1. The molecule has 156 valence electrons. The number of hydrogen-bond acceptors (Lipinski definition) is 5. The number of fused-ring (bicyclic) bond motifs is 4. The number of pyridine rings is 1. The second-order valence-electron chi connectivity index (χ2n) is 8.93. The van der Waals surface area contributed by atoms with Crippen molar-refractivity contribution in [1.82, 2.24) is 19.4 Å². The minimum Gasteiger partial charge on any atom is -0.312 e. The molecule has 0 radical (unpaired) electrons. The summed E-state index contributed by atoms with van der Waals surface area (Å²) < 4.78 is 2.06. The van der Waals surface area contributed by atoms with Crippen molar-refractivity contribution in [3.63, 3.8) is 0 Å². The zero-order chi connectivity index (χ0) is 20.7. The van der Waals surface area contributed by atoms with E-state index in [-0.39, 0.29) is 5.56 Å². The van der Waals surface area contributed by atoms with Crippen LogP contribution in [-0.4, -0.2) is 46.5 Å². The average Bonchev–Trinajstić information content (AvgIpc) is 3.19. The summed E-state index contributed by atoms with van der Waals surface area (Å²) in [5.74, 6) is 0.991. The Morgan fingerprint density at radius 2 is 1.93 bits per heavy atom. The fourth-order valence-electron chi connectivity index (χ4n) is 5.00. The Bertz CT molecular complexity index is 1090. The van der Waals surface area contributed by atoms with Gasteiger partial charge in [-0.3, -0.25) is 9.69 Å². The maximum Gasteiger partial charge on any atom is 0.255 e. The minimum absolute atomic E-state index is 0.208. The molecule has 1 fully saturated rings. The van der Waals surface area contributed by atoms with E-state index in [1.54, 1.807) is 11.3 Å². The molecule has 0 spiro atoms. The van der Waals surface area contributed by atoms with Gasteiger partial charge >= 0.3 is 0 Å². The molecule has 6 heteroatoms. The summed E-state index contributed by atoms with van der Waals surface area (Å²) in [4.78, 5) is 23.6. The van der Waals surface area contributed by atoms with Crippen LogP contribution in [0, 0.1) is 5.92 Å². The molecule has 0 aliphatic carbocycles. The van der Waals surface area contributed by atoms with E-state index in [2.05, 4.69) is 49.7 Å². The monoisotopic (exact) mass is 420 g/mol. The smallest absolute Gasteiger partial charge is 0.255 e. The highest BCUT2D eigenvalue weighted by atomic mass is 32.1. The van der Waals surface area contributed by atoms with Gasteiger partial charge in [-0.05, 0) is 32.5 Å². The molecule has 30 heavy (non-hydrogen) atoms. The molecule has 4 heterocycles. The fourth-order valence-corrected chi connectivity index (χ4v) is 5.96. The summed E-state index contributed by atoms with van der Waals surface area (Å²) in [5, 5.41) is 1.09. The van der Waals surface area contributed by atoms with Gasteiger partial charge in [0.05, 0.1) is 0 Å². The van der Waals surface area contributed by atoms with Crippen LogP contribution in [0.5, 0.6) is 0 Å². The largest absolute Gasteiger partial charge is 0.312 e. The maximum atomic E-state index is 13.0. The van der Waals surface area contributed by atoms with Gasteiger partial charge in [0.2, 0.25) is 0 Å². The molecule has 5 rings (SSSR count). The molecule has 0 amide bonds. The van der Waals surface area contributed by atoms with Crippen molar-refractivity contribution in [2.45, 2.75) is 32.0 Å². The van der Waals surface area contributed by atoms with Crippen molar-refractivity contribution in [1.29, 1.82) is 0 Å². The molecular weight excluding hydrogens is 392 g/mol. The van der Waals surface area contributed by atoms with Crippen molar-refractivity contribution >= 4 is 11.3 Å². The third-order valence-corrected chi connectivity index (χ3v) is 7.23. The van der Waals surface area contributed by atoms with Gasteiger partial charge < -0.3 is 9.47 Å². The quantitative estimate of drug-likeness (QED) is 0.632. The number of likely N-dealkylation sites (tertiary alicyclic amines) is 1. The van der Waals surface area contributed by atoms with Crippen molar-refractivity contribution in [3.05, 3.63) is 75.1 Å². The number of nitrogens with zero attached hydrogens (tertiary/aromatic N) is 4.